The predicted octanol–water partition coefficient (Wildman–Crippen LogP) is 3.70. The Hall–Kier alpha value is -0.417. The fourth-order valence-electron chi connectivity index (χ4n) is 1.78. The van der Waals surface area contributed by atoms with Crippen LogP contribution in [0.2, 0.25) is 4.63 Å². The molecule has 1 aromatic carbocycles. The molecule has 14 heavy (non-hydrogen) atoms. The average Bonchev–Trinajstić information content (AvgIpc) is 2.72. The first kappa shape index (κ1) is 10.1. The van der Waals surface area contributed by atoms with E-state index in [1.807, 2.05) is 0 Å². The van der Waals surface area contributed by atoms with Gasteiger partial charge in [0.25, 0.3) is 0 Å². The molecule has 0 amide bonds. The van der Waals surface area contributed by atoms with Gasteiger partial charge in [-0.25, -0.2) is 0 Å². The Morgan fingerprint density at radius 2 is 2.00 bits per heavy atom. The van der Waals surface area contributed by atoms with E-state index in [-0.39, 0.29) is 0 Å². The molecule has 0 spiro atoms. The maximum atomic E-state index is 2.51. The van der Waals surface area contributed by atoms with Crippen molar-refractivity contribution in [1.82, 2.24) is 0 Å². The van der Waals surface area contributed by atoms with Gasteiger partial charge in [-0.3, -0.25) is 0 Å². The van der Waals surface area contributed by atoms with Crippen LogP contribution in [0.3, 0.4) is 0 Å². The zero-order chi connectivity index (χ0) is 9.80. The van der Waals surface area contributed by atoms with Crippen molar-refractivity contribution in [2.45, 2.75) is 15.2 Å². The van der Waals surface area contributed by atoms with E-state index in [2.05, 4.69) is 53.2 Å². The van der Waals surface area contributed by atoms with Gasteiger partial charge in [-0.2, -0.15) is 0 Å². The Morgan fingerprint density at radius 1 is 1.21 bits per heavy atom. The SMILES string of the molecule is [CH3][Zr]([CH2]c1ccccc1)[C]1=CC=CC1. The van der Waals surface area contributed by atoms with Crippen LogP contribution >= 0.6 is 0 Å². The molecular weight excluding hydrogens is 247 g/mol. The van der Waals surface area contributed by atoms with Crippen LogP contribution in [-0.4, -0.2) is 0 Å². The molecular formula is C13H15Zr. The minimum atomic E-state index is -1.25. The Kier molecular flexibility index (Phi) is 3.53. The first-order chi connectivity index (χ1) is 6.86. The molecule has 1 aliphatic carbocycles. The summed E-state index contributed by atoms with van der Waals surface area (Å²) in [6.45, 7) is 0. The molecule has 0 heterocycles. The summed E-state index contributed by atoms with van der Waals surface area (Å²) in [4.78, 5) is 0. The molecule has 0 nitrogen and oxygen atoms in total. The third-order valence-electron chi connectivity index (χ3n) is 2.63. The van der Waals surface area contributed by atoms with E-state index in [9.17, 15) is 0 Å². The quantitative estimate of drug-likeness (QED) is 0.779. The van der Waals surface area contributed by atoms with Crippen LogP contribution in [0, 0.1) is 0 Å². The Balaban J connectivity index is 1.98. The molecule has 0 radical (unpaired) electrons. The molecule has 2 rings (SSSR count). The molecule has 0 saturated heterocycles. The van der Waals surface area contributed by atoms with Gasteiger partial charge in [-0.15, -0.1) is 0 Å². The third kappa shape index (κ3) is 2.54. The summed E-state index contributed by atoms with van der Waals surface area (Å²) in [5, 5.41) is 0. The third-order valence-corrected chi connectivity index (χ3v) is 8.54. The van der Waals surface area contributed by atoms with Crippen molar-refractivity contribution in [3.05, 3.63) is 57.4 Å². The molecule has 71 valence electrons. The Labute approximate surface area is 94.0 Å². The van der Waals surface area contributed by atoms with Crippen molar-refractivity contribution in [2.24, 2.45) is 0 Å². The average molecular weight is 262 g/mol. The molecule has 1 heteroatoms. The zero-order valence-corrected chi connectivity index (χ0v) is 11.0. The van der Waals surface area contributed by atoms with Crippen molar-refractivity contribution in [1.29, 1.82) is 0 Å². The van der Waals surface area contributed by atoms with Gasteiger partial charge in [-0.05, 0) is 0 Å². The normalized spacial score (nSPS) is 14.2. The minimum absolute atomic E-state index is 1.23. The summed E-state index contributed by atoms with van der Waals surface area (Å²) in [5.74, 6) is 0. The predicted molar refractivity (Wildman–Crippen MR) is 57.9 cm³/mol. The maximum absolute atomic E-state index is 2.51. The van der Waals surface area contributed by atoms with E-state index in [0.29, 0.717) is 0 Å². The van der Waals surface area contributed by atoms with Crippen LogP contribution in [0.5, 0.6) is 0 Å². The number of allylic oxidation sites excluding steroid dienone is 4. The second-order valence-corrected chi connectivity index (χ2v) is 10.1. The molecule has 0 bridgehead atoms. The van der Waals surface area contributed by atoms with Crippen LogP contribution in [0.15, 0.2) is 51.8 Å². The van der Waals surface area contributed by atoms with Gasteiger partial charge < -0.3 is 0 Å². The van der Waals surface area contributed by atoms with Crippen LogP contribution in [0.4, 0.5) is 0 Å². The Bertz CT molecular complexity index is 349. The van der Waals surface area contributed by atoms with Gasteiger partial charge in [0, 0.05) is 0 Å². The topological polar surface area (TPSA) is 0 Å². The number of rotatable bonds is 3. The van der Waals surface area contributed by atoms with Crippen molar-refractivity contribution in [3.63, 3.8) is 0 Å². The monoisotopic (exact) mass is 261 g/mol. The number of hydrogen-bond acceptors (Lipinski definition) is 0. The summed E-state index contributed by atoms with van der Waals surface area (Å²) in [6.07, 6.45) is 8.07. The fourth-order valence-corrected chi connectivity index (χ4v) is 6.50. The first-order valence-electron chi connectivity index (χ1n) is 5.08. The summed E-state index contributed by atoms with van der Waals surface area (Å²) >= 11 is -1.25. The van der Waals surface area contributed by atoms with Crippen LogP contribution in [0.25, 0.3) is 0 Å². The van der Waals surface area contributed by atoms with Crippen molar-refractivity contribution < 1.29 is 21.8 Å². The van der Waals surface area contributed by atoms with E-state index in [1.165, 1.54) is 16.1 Å². The molecule has 0 fully saturated rings. The standard InChI is InChI=1S/C7H7.C5H5.CH3.Zr/c1-7-5-3-2-4-6-7;1-2-4-5-3-1;;/h2-6H,1H2;1-3H,4H2;1H3;. The van der Waals surface area contributed by atoms with Gasteiger partial charge in [0.2, 0.25) is 0 Å². The van der Waals surface area contributed by atoms with E-state index in [1.54, 1.807) is 3.28 Å². The van der Waals surface area contributed by atoms with E-state index in [0.717, 1.165) is 0 Å². The van der Waals surface area contributed by atoms with Crippen LogP contribution in [-0.2, 0) is 25.9 Å². The summed E-state index contributed by atoms with van der Waals surface area (Å²) < 4.78 is 5.63. The molecule has 1 aromatic rings. The van der Waals surface area contributed by atoms with Crippen molar-refractivity contribution >= 4 is 0 Å². The molecule has 0 atom stereocenters. The number of benzene rings is 1. The second kappa shape index (κ2) is 4.89. The summed E-state index contributed by atoms with van der Waals surface area (Å²) in [6, 6.07) is 10.9. The molecule has 0 aromatic heterocycles. The van der Waals surface area contributed by atoms with Gasteiger partial charge in [-0.1, -0.05) is 0 Å². The van der Waals surface area contributed by atoms with Crippen LogP contribution < -0.4 is 0 Å². The molecule has 0 aliphatic heterocycles. The summed E-state index contributed by atoms with van der Waals surface area (Å²) in [5.41, 5.74) is 1.53. The second-order valence-electron chi connectivity index (χ2n) is 3.77. The molecule has 0 saturated carbocycles. The Morgan fingerprint density at radius 3 is 2.64 bits per heavy atom. The number of hydrogen-bond donors (Lipinski definition) is 0. The molecule has 0 N–H and O–H groups in total. The first-order valence-corrected chi connectivity index (χ1v) is 10.5. The van der Waals surface area contributed by atoms with E-state index < -0.39 is 21.8 Å². The van der Waals surface area contributed by atoms with Crippen molar-refractivity contribution in [3.8, 4) is 0 Å². The summed E-state index contributed by atoms with van der Waals surface area (Å²) in [7, 11) is 0. The van der Waals surface area contributed by atoms with E-state index in [4.69, 9.17) is 0 Å². The van der Waals surface area contributed by atoms with Gasteiger partial charge in [0.15, 0.2) is 0 Å². The molecule has 0 unspecified atom stereocenters. The van der Waals surface area contributed by atoms with Gasteiger partial charge in [0.1, 0.15) is 0 Å². The van der Waals surface area contributed by atoms with Crippen LogP contribution in [0.1, 0.15) is 12.0 Å². The fraction of sp³-hybridized carbons (Fsp3) is 0.231. The zero-order valence-electron chi connectivity index (χ0n) is 8.53. The van der Waals surface area contributed by atoms with E-state index >= 15 is 0 Å². The van der Waals surface area contributed by atoms with Gasteiger partial charge >= 0.3 is 94.3 Å². The van der Waals surface area contributed by atoms with Crippen molar-refractivity contribution in [2.75, 3.05) is 0 Å². The van der Waals surface area contributed by atoms with Gasteiger partial charge in [0.05, 0.1) is 0 Å². The molecule has 1 aliphatic rings.